The average Bonchev–Trinajstić information content (AvgIpc) is 2.57. The molecule has 1 aliphatic heterocycles. The molecule has 0 bridgehead atoms. The Morgan fingerprint density at radius 1 is 1.14 bits per heavy atom. The van der Waals surface area contributed by atoms with Gasteiger partial charge >= 0.3 is 0 Å². The van der Waals surface area contributed by atoms with Gasteiger partial charge in [-0.05, 0) is 6.07 Å². The fourth-order valence-corrected chi connectivity index (χ4v) is 1.97. The lowest BCUT2D eigenvalue weighted by Crippen LogP contribution is -2.36. The maximum absolute atomic E-state index is 12.0. The summed E-state index contributed by atoms with van der Waals surface area (Å²) in [6.07, 6.45) is 4.45. The summed E-state index contributed by atoms with van der Waals surface area (Å²) in [5.41, 5.74) is 0. The number of nitrogens with one attached hydrogen (secondary N) is 1. The van der Waals surface area contributed by atoms with Crippen molar-refractivity contribution >= 4 is 17.5 Å². The van der Waals surface area contributed by atoms with Crippen LogP contribution in [0.25, 0.3) is 0 Å². The fraction of sp³-hybridized carbons (Fsp3) is 0.308. The Kier molecular flexibility index (Phi) is 3.97. The molecule has 1 amide bonds. The smallest absolute Gasteiger partial charge is 0.294 e. The van der Waals surface area contributed by atoms with E-state index >= 15 is 0 Å². The predicted molar refractivity (Wildman–Crippen MR) is 75.0 cm³/mol. The normalized spacial score (nSPS) is 14.8. The molecule has 21 heavy (non-hydrogen) atoms. The van der Waals surface area contributed by atoms with E-state index in [2.05, 4.69) is 30.2 Å². The number of anilines is 2. The second-order valence-electron chi connectivity index (χ2n) is 4.39. The van der Waals surface area contributed by atoms with Gasteiger partial charge in [-0.2, -0.15) is 0 Å². The van der Waals surface area contributed by atoms with Gasteiger partial charge in [0.15, 0.2) is 0 Å². The third-order valence-corrected chi connectivity index (χ3v) is 3.00. The third kappa shape index (κ3) is 3.29. The molecule has 0 atom stereocenters. The fourth-order valence-electron chi connectivity index (χ4n) is 1.97. The predicted octanol–water partition coefficient (Wildman–Crippen LogP) is 0.355. The van der Waals surface area contributed by atoms with Gasteiger partial charge in [-0.1, -0.05) is 0 Å². The van der Waals surface area contributed by atoms with Crippen LogP contribution < -0.4 is 10.2 Å². The van der Waals surface area contributed by atoms with E-state index in [4.69, 9.17) is 4.74 Å². The maximum atomic E-state index is 12.0. The van der Waals surface area contributed by atoms with E-state index in [1.807, 2.05) is 0 Å². The van der Waals surface area contributed by atoms with Crippen molar-refractivity contribution in [2.45, 2.75) is 0 Å². The lowest BCUT2D eigenvalue weighted by Gasteiger charge is -2.27. The summed E-state index contributed by atoms with van der Waals surface area (Å²) in [6, 6.07) is 3.38. The number of carbonyl (C=O) groups excluding carboxylic acids is 1. The minimum atomic E-state index is -0.401. The van der Waals surface area contributed by atoms with Crippen LogP contribution in [-0.2, 0) is 4.74 Å². The molecule has 0 spiro atoms. The molecular formula is C13H14N6O2. The van der Waals surface area contributed by atoms with Crippen molar-refractivity contribution in [3.63, 3.8) is 0 Å². The molecule has 3 heterocycles. The van der Waals surface area contributed by atoms with Gasteiger partial charge in [-0.25, -0.2) is 19.9 Å². The van der Waals surface area contributed by atoms with Crippen LogP contribution in [-0.4, -0.2) is 52.1 Å². The minimum Gasteiger partial charge on any atom is -0.378 e. The lowest BCUT2D eigenvalue weighted by atomic mass is 10.4. The SMILES string of the molecule is O=C(Nc1cc(N2CCOCC2)ncn1)c1ncccn1. The van der Waals surface area contributed by atoms with Gasteiger partial charge in [0.05, 0.1) is 13.2 Å². The Balaban J connectivity index is 1.72. The van der Waals surface area contributed by atoms with E-state index < -0.39 is 5.91 Å². The Hall–Kier alpha value is -2.61. The van der Waals surface area contributed by atoms with Crippen LogP contribution in [0.5, 0.6) is 0 Å². The zero-order chi connectivity index (χ0) is 14.5. The van der Waals surface area contributed by atoms with Gasteiger partial charge in [0.25, 0.3) is 5.91 Å². The van der Waals surface area contributed by atoms with Gasteiger partial charge in [0.1, 0.15) is 18.0 Å². The molecule has 0 radical (unpaired) electrons. The van der Waals surface area contributed by atoms with Crippen molar-refractivity contribution in [1.82, 2.24) is 19.9 Å². The summed E-state index contributed by atoms with van der Waals surface area (Å²) < 4.78 is 5.30. The highest BCUT2D eigenvalue weighted by Gasteiger charge is 2.14. The van der Waals surface area contributed by atoms with Crippen LogP contribution in [0.15, 0.2) is 30.9 Å². The molecule has 1 fully saturated rings. The first-order valence-corrected chi connectivity index (χ1v) is 6.56. The zero-order valence-electron chi connectivity index (χ0n) is 11.3. The van der Waals surface area contributed by atoms with E-state index in [1.165, 1.54) is 18.7 Å². The van der Waals surface area contributed by atoms with Crippen molar-refractivity contribution in [3.05, 3.63) is 36.7 Å². The van der Waals surface area contributed by atoms with Crippen LogP contribution in [0.1, 0.15) is 10.6 Å². The maximum Gasteiger partial charge on any atom is 0.294 e. The number of ether oxygens (including phenoxy) is 1. The highest BCUT2D eigenvalue weighted by molar-refractivity contribution is 6.00. The molecule has 2 aromatic rings. The highest BCUT2D eigenvalue weighted by atomic mass is 16.5. The molecule has 1 N–H and O–H groups in total. The summed E-state index contributed by atoms with van der Waals surface area (Å²) in [6.45, 7) is 2.88. The second kappa shape index (κ2) is 6.23. The van der Waals surface area contributed by atoms with E-state index in [0.717, 1.165) is 18.9 Å². The number of morpholine rings is 1. The van der Waals surface area contributed by atoms with Crippen molar-refractivity contribution in [1.29, 1.82) is 0 Å². The molecule has 8 nitrogen and oxygen atoms in total. The molecule has 3 rings (SSSR count). The molecule has 0 aromatic carbocycles. The standard InChI is InChI=1S/C13H14N6O2/c20-13(12-14-2-1-3-15-12)18-10-8-11(17-9-16-10)19-4-6-21-7-5-19/h1-3,8-9H,4-7H2,(H,16,17,18,20). The van der Waals surface area contributed by atoms with Gasteiger partial charge in [-0.3, -0.25) is 4.79 Å². The molecule has 0 saturated carbocycles. The third-order valence-electron chi connectivity index (χ3n) is 3.00. The zero-order valence-corrected chi connectivity index (χ0v) is 11.3. The van der Waals surface area contributed by atoms with Gasteiger partial charge in [-0.15, -0.1) is 0 Å². The molecule has 8 heteroatoms. The average molecular weight is 286 g/mol. The molecule has 2 aromatic heterocycles. The minimum absolute atomic E-state index is 0.101. The monoisotopic (exact) mass is 286 g/mol. The first-order valence-electron chi connectivity index (χ1n) is 6.56. The van der Waals surface area contributed by atoms with Crippen molar-refractivity contribution in [2.75, 3.05) is 36.5 Å². The van der Waals surface area contributed by atoms with Crippen LogP contribution in [0.4, 0.5) is 11.6 Å². The van der Waals surface area contributed by atoms with E-state index in [9.17, 15) is 4.79 Å². The van der Waals surface area contributed by atoms with Crippen LogP contribution in [0.3, 0.4) is 0 Å². The number of carbonyl (C=O) groups is 1. The number of hydrogen-bond donors (Lipinski definition) is 1. The van der Waals surface area contributed by atoms with Gasteiger partial charge in [0.2, 0.25) is 5.82 Å². The van der Waals surface area contributed by atoms with E-state index in [0.29, 0.717) is 19.0 Å². The van der Waals surface area contributed by atoms with E-state index in [-0.39, 0.29) is 5.82 Å². The van der Waals surface area contributed by atoms with Gasteiger partial charge in [0, 0.05) is 31.5 Å². The Labute approximate surface area is 121 Å². The van der Waals surface area contributed by atoms with E-state index in [1.54, 1.807) is 12.1 Å². The van der Waals surface area contributed by atoms with Crippen LogP contribution in [0.2, 0.25) is 0 Å². The number of rotatable bonds is 3. The first kappa shape index (κ1) is 13.4. The van der Waals surface area contributed by atoms with Crippen LogP contribution >= 0.6 is 0 Å². The number of amides is 1. The second-order valence-corrected chi connectivity index (χ2v) is 4.39. The van der Waals surface area contributed by atoms with Crippen molar-refractivity contribution < 1.29 is 9.53 Å². The largest absolute Gasteiger partial charge is 0.378 e. The molecule has 108 valence electrons. The topological polar surface area (TPSA) is 93.1 Å². The van der Waals surface area contributed by atoms with Crippen molar-refractivity contribution in [3.8, 4) is 0 Å². The van der Waals surface area contributed by atoms with Crippen molar-refractivity contribution in [2.24, 2.45) is 0 Å². The Bertz CT molecular complexity index is 615. The summed E-state index contributed by atoms with van der Waals surface area (Å²) >= 11 is 0. The number of aromatic nitrogens is 4. The Morgan fingerprint density at radius 2 is 1.90 bits per heavy atom. The number of nitrogens with zero attached hydrogens (tertiary/aromatic N) is 5. The molecule has 0 unspecified atom stereocenters. The summed E-state index contributed by atoms with van der Waals surface area (Å²) in [5, 5.41) is 2.66. The molecule has 1 saturated heterocycles. The molecule has 0 aliphatic carbocycles. The summed E-state index contributed by atoms with van der Waals surface area (Å²) in [5.74, 6) is 0.882. The Morgan fingerprint density at radius 3 is 2.67 bits per heavy atom. The number of hydrogen-bond acceptors (Lipinski definition) is 7. The first-order chi connectivity index (χ1) is 10.3. The lowest BCUT2D eigenvalue weighted by molar-refractivity contribution is 0.101. The van der Waals surface area contributed by atoms with Gasteiger partial charge < -0.3 is 15.0 Å². The molecular weight excluding hydrogens is 272 g/mol. The summed E-state index contributed by atoms with van der Waals surface area (Å²) in [7, 11) is 0. The summed E-state index contributed by atoms with van der Waals surface area (Å²) in [4.78, 5) is 30.1. The quantitative estimate of drug-likeness (QED) is 0.870. The van der Waals surface area contributed by atoms with Crippen LogP contribution in [0, 0.1) is 0 Å². The molecule has 1 aliphatic rings. The highest BCUT2D eigenvalue weighted by Crippen LogP contribution is 2.15.